The van der Waals surface area contributed by atoms with Gasteiger partial charge in [0.1, 0.15) is 18.2 Å². The minimum absolute atomic E-state index is 0.0703. The highest BCUT2D eigenvalue weighted by Crippen LogP contribution is 2.24. The number of allylic oxidation sites excluding steroid dienone is 2. The van der Waals surface area contributed by atoms with Crippen LogP contribution in [0.1, 0.15) is 36.0 Å². The van der Waals surface area contributed by atoms with Crippen molar-refractivity contribution in [2.24, 2.45) is 0 Å². The van der Waals surface area contributed by atoms with Crippen LogP contribution < -0.4 is 9.64 Å². The van der Waals surface area contributed by atoms with E-state index in [0.717, 1.165) is 55.3 Å². The van der Waals surface area contributed by atoms with E-state index in [2.05, 4.69) is 34.1 Å². The third-order valence-corrected chi connectivity index (χ3v) is 6.53. The quantitative estimate of drug-likeness (QED) is 0.362. The number of aliphatic carboxylic acids is 1. The summed E-state index contributed by atoms with van der Waals surface area (Å²) in [4.78, 5) is 15.9. The van der Waals surface area contributed by atoms with E-state index >= 15 is 0 Å². The van der Waals surface area contributed by atoms with Crippen molar-refractivity contribution in [3.05, 3.63) is 107 Å². The second kappa shape index (κ2) is 12.4. The number of piperazine rings is 1. The number of nitrogens with zero attached hydrogens (tertiary/aromatic N) is 2. The summed E-state index contributed by atoms with van der Waals surface area (Å²) in [5, 5.41) is 9.14. The number of benzene rings is 3. The molecule has 1 aliphatic rings. The highest BCUT2D eigenvalue weighted by Gasteiger charge is 2.17. The number of halogens is 1. The molecule has 0 saturated carbocycles. The van der Waals surface area contributed by atoms with Gasteiger partial charge in [-0.3, -0.25) is 9.69 Å². The fraction of sp³-hybridized carbons (Fsp3) is 0.300. The Labute approximate surface area is 212 Å². The Bertz CT molecular complexity index is 1140. The molecule has 36 heavy (non-hydrogen) atoms. The summed E-state index contributed by atoms with van der Waals surface area (Å²) in [5.74, 6) is -0.388. The van der Waals surface area contributed by atoms with Gasteiger partial charge in [0.05, 0.1) is 6.42 Å². The molecule has 5 nitrogen and oxygen atoms in total. The molecule has 6 heteroatoms. The van der Waals surface area contributed by atoms with Crippen molar-refractivity contribution >= 4 is 11.7 Å². The molecule has 0 amide bonds. The molecule has 3 aromatic carbocycles. The van der Waals surface area contributed by atoms with Crippen LogP contribution >= 0.6 is 0 Å². The number of rotatable bonds is 10. The van der Waals surface area contributed by atoms with Gasteiger partial charge in [0.2, 0.25) is 0 Å². The molecule has 1 atom stereocenters. The van der Waals surface area contributed by atoms with Gasteiger partial charge in [-0.1, -0.05) is 48.6 Å². The first-order valence-electron chi connectivity index (χ1n) is 12.4. The topological polar surface area (TPSA) is 53.0 Å². The van der Waals surface area contributed by atoms with Crippen LogP contribution in [0.25, 0.3) is 0 Å². The highest BCUT2D eigenvalue weighted by atomic mass is 19.1. The first-order chi connectivity index (χ1) is 17.5. The number of carbonyl (C=O) groups is 1. The molecular formula is C30H33FN2O3. The lowest BCUT2D eigenvalue weighted by Crippen LogP contribution is -2.45. The van der Waals surface area contributed by atoms with Gasteiger partial charge in [-0.15, -0.1) is 0 Å². The Morgan fingerprint density at radius 3 is 2.19 bits per heavy atom. The molecule has 0 aromatic heterocycles. The van der Waals surface area contributed by atoms with Gasteiger partial charge in [-0.2, -0.15) is 0 Å². The second-order valence-electron chi connectivity index (χ2n) is 9.14. The third-order valence-electron chi connectivity index (χ3n) is 6.53. The van der Waals surface area contributed by atoms with Gasteiger partial charge in [-0.05, 0) is 60.0 Å². The van der Waals surface area contributed by atoms with Gasteiger partial charge >= 0.3 is 5.97 Å². The van der Waals surface area contributed by atoms with Gasteiger partial charge in [0.25, 0.3) is 0 Å². The lowest BCUT2D eigenvalue weighted by molar-refractivity contribution is -0.137. The predicted molar refractivity (Wildman–Crippen MR) is 141 cm³/mol. The summed E-state index contributed by atoms with van der Waals surface area (Å²) < 4.78 is 19.1. The summed E-state index contributed by atoms with van der Waals surface area (Å²) in [7, 11) is 0. The lowest BCUT2D eigenvalue weighted by Gasteiger charge is -2.36. The molecule has 1 aliphatic heterocycles. The van der Waals surface area contributed by atoms with Crippen LogP contribution in [0.2, 0.25) is 0 Å². The molecule has 0 spiro atoms. The lowest BCUT2D eigenvalue weighted by atomic mass is 9.95. The molecule has 0 bridgehead atoms. The molecule has 188 valence electrons. The number of hydrogen-bond acceptors (Lipinski definition) is 4. The van der Waals surface area contributed by atoms with Crippen molar-refractivity contribution in [3.8, 4) is 5.75 Å². The average molecular weight is 489 g/mol. The highest BCUT2D eigenvalue weighted by molar-refractivity contribution is 5.68. The zero-order valence-corrected chi connectivity index (χ0v) is 20.6. The van der Waals surface area contributed by atoms with Crippen molar-refractivity contribution in [2.75, 3.05) is 31.1 Å². The van der Waals surface area contributed by atoms with E-state index in [1.807, 2.05) is 55.5 Å². The first kappa shape index (κ1) is 25.5. The number of carboxylic acid groups (broad SMARTS) is 1. The van der Waals surface area contributed by atoms with Crippen molar-refractivity contribution in [3.63, 3.8) is 0 Å². The number of carboxylic acids is 1. The fourth-order valence-corrected chi connectivity index (χ4v) is 4.51. The molecule has 1 N–H and O–H groups in total. The van der Waals surface area contributed by atoms with Gasteiger partial charge in [-0.25, -0.2) is 4.39 Å². The Morgan fingerprint density at radius 2 is 1.58 bits per heavy atom. The zero-order valence-electron chi connectivity index (χ0n) is 20.6. The largest absolute Gasteiger partial charge is 0.489 e. The minimum Gasteiger partial charge on any atom is -0.489 e. The van der Waals surface area contributed by atoms with E-state index in [-0.39, 0.29) is 18.2 Å². The summed E-state index contributed by atoms with van der Waals surface area (Å²) >= 11 is 0. The van der Waals surface area contributed by atoms with Gasteiger partial charge < -0.3 is 14.7 Å². The summed E-state index contributed by atoms with van der Waals surface area (Å²) in [6.45, 7) is 7.09. The van der Waals surface area contributed by atoms with E-state index in [9.17, 15) is 9.18 Å². The van der Waals surface area contributed by atoms with Crippen LogP contribution in [-0.4, -0.2) is 42.2 Å². The van der Waals surface area contributed by atoms with Gasteiger partial charge in [0.15, 0.2) is 0 Å². The van der Waals surface area contributed by atoms with Crippen molar-refractivity contribution in [1.29, 1.82) is 0 Å². The number of ether oxygens (including phenoxy) is 1. The zero-order chi connectivity index (χ0) is 25.3. The molecule has 0 unspecified atom stereocenters. The van der Waals surface area contributed by atoms with E-state index in [1.54, 1.807) is 0 Å². The number of hydrogen-bond donors (Lipinski definition) is 1. The predicted octanol–water partition coefficient (Wildman–Crippen LogP) is 5.86. The molecule has 4 rings (SSSR count). The van der Waals surface area contributed by atoms with Crippen LogP contribution in [0.3, 0.4) is 0 Å². The standard InChI is InChI=1S/C30H33FN2O3/c1-2-3-26(20-30(34)35)25-8-14-29(15-9-25)36-22-24-6-4-23(5-7-24)21-32-16-18-33(19-17-32)28-12-10-27(31)11-13-28/h2-15,26H,16-22H2,1H3,(H,34,35)/t26-/m1/s1. The molecular weight excluding hydrogens is 455 g/mol. The van der Waals surface area contributed by atoms with E-state index in [0.29, 0.717) is 6.61 Å². The fourth-order valence-electron chi connectivity index (χ4n) is 4.51. The maximum atomic E-state index is 13.2. The molecule has 0 aliphatic carbocycles. The monoisotopic (exact) mass is 488 g/mol. The Morgan fingerprint density at radius 1 is 0.944 bits per heavy atom. The van der Waals surface area contributed by atoms with Crippen LogP contribution in [-0.2, 0) is 17.9 Å². The third kappa shape index (κ3) is 7.18. The first-order valence-corrected chi connectivity index (χ1v) is 12.4. The normalized spacial score (nSPS) is 15.2. The maximum Gasteiger partial charge on any atom is 0.304 e. The second-order valence-corrected chi connectivity index (χ2v) is 9.14. The van der Waals surface area contributed by atoms with Crippen molar-refractivity contribution in [1.82, 2.24) is 4.90 Å². The molecule has 0 radical (unpaired) electrons. The van der Waals surface area contributed by atoms with Crippen molar-refractivity contribution in [2.45, 2.75) is 32.4 Å². The van der Waals surface area contributed by atoms with Crippen LogP contribution in [0.5, 0.6) is 5.75 Å². The molecule has 1 heterocycles. The minimum atomic E-state index is -0.811. The molecule has 3 aromatic rings. The Balaban J connectivity index is 1.24. The van der Waals surface area contributed by atoms with Crippen LogP contribution in [0, 0.1) is 5.82 Å². The van der Waals surface area contributed by atoms with E-state index in [1.165, 1.54) is 17.7 Å². The Hall–Kier alpha value is -3.64. The van der Waals surface area contributed by atoms with E-state index in [4.69, 9.17) is 9.84 Å². The number of anilines is 1. The van der Waals surface area contributed by atoms with E-state index < -0.39 is 5.97 Å². The SMILES string of the molecule is CC=C[C@H](CC(=O)O)c1ccc(OCc2ccc(CN3CCN(c4ccc(F)cc4)CC3)cc2)cc1. The summed E-state index contributed by atoms with van der Waals surface area (Å²) in [5.41, 5.74) is 4.41. The molecule has 1 saturated heterocycles. The van der Waals surface area contributed by atoms with Gasteiger partial charge in [0, 0.05) is 44.3 Å². The van der Waals surface area contributed by atoms with Crippen molar-refractivity contribution < 1.29 is 19.0 Å². The smallest absolute Gasteiger partial charge is 0.304 e. The average Bonchev–Trinajstić information content (AvgIpc) is 2.89. The molecule has 1 fully saturated rings. The summed E-state index contributed by atoms with van der Waals surface area (Å²) in [6, 6.07) is 22.9. The maximum absolute atomic E-state index is 13.2. The Kier molecular flexibility index (Phi) is 8.74. The van der Waals surface area contributed by atoms with Crippen LogP contribution in [0.15, 0.2) is 84.9 Å². The summed E-state index contributed by atoms with van der Waals surface area (Å²) in [6.07, 6.45) is 3.87. The van der Waals surface area contributed by atoms with Crippen LogP contribution in [0.4, 0.5) is 10.1 Å².